The van der Waals surface area contributed by atoms with Crippen molar-refractivity contribution >= 4 is 30.4 Å². The normalized spacial score (nSPS) is 21.4. The highest BCUT2D eigenvalue weighted by Gasteiger charge is 2.55. The molecule has 0 aliphatic carbocycles. The molecule has 3 atom stereocenters. The highest BCUT2D eigenvalue weighted by Crippen LogP contribution is 2.33. The second kappa shape index (κ2) is 7.47. The molecule has 1 aromatic rings. The number of nitrogens with zero attached hydrogens (tertiary/aromatic N) is 1. The van der Waals surface area contributed by atoms with Crippen LogP contribution in [0.2, 0.25) is 0 Å². The van der Waals surface area contributed by atoms with Gasteiger partial charge in [-0.2, -0.15) is 12.6 Å². The van der Waals surface area contributed by atoms with Gasteiger partial charge in [0.05, 0.1) is 12.5 Å². The van der Waals surface area contributed by atoms with Crippen LogP contribution < -0.4 is 5.32 Å². The highest BCUT2D eigenvalue weighted by atomic mass is 32.1. The number of β-lactam (4-membered cyclic amide) rings is 1. The number of amides is 2. The van der Waals surface area contributed by atoms with Gasteiger partial charge >= 0.3 is 5.97 Å². The van der Waals surface area contributed by atoms with Crippen LogP contribution in [0.3, 0.4) is 0 Å². The fourth-order valence-corrected chi connectivity index (χ4v) is 3.48. The minimum absolute atomic E-state index is 0.182. The summed E-state index contributed by atoms with van der Waals surface area (Å²) in [5.41, 5.74) is 0.858. The lowest BCUT2D eigenvalue weighted by Gasteiger charge is -2.52. The van der Waals surface area contributed by atoms with E-state index in [4.69, 9.17) is 0 Å². The van der Waals surface area contributed by atoms with Crippen molar-refractivity contribution in [1.29, 1.82) is 0 Å². The first kappa shape index (κ1) is 19.3. The molecule has 0 spiro atoms. The Kier molecular flexibility index (Phi) is 5.77. The molecule has 0 unspecified atom stereocenters. The van der Waals surface area contributed by atoms with E-state index < -0.39 is 22.8 Å². The molecule has 0 bridgehead atoms. The maximum absolute atomic E-state index is 12.5. The van der Waals surface area contributed by atoms with Crippen LogP contribution in [-0.2, 0) is 20.8 Å². The summed E-state index contributed by atoms with van der Waals surface area (Å²) in [6.45, 7) is 5.19. The molecular formula is C18H24N2O4S. The minimum Gasteiger partial charge on any atom is -0.480 e. The number of hydrogen-bond donors (Lipinski definition) is 3. The maximum atomic E-state index is 12.5. The Morgan fingerprint density at radius 3 is 2.40 bits per heavy atom. The first-order valence-corrected chi connectivity index (χ1v) is 8.72. The van der Waals surface area contributed by atoms with Gasteiger partial charge in [-0.15, -0.1) is 0 Å². The lowest BCUT2D eigenvalue weighted by Crippen LogP contribution is -2.76. The average molecular weight is 364 g/mol. The Bertz CT molecular complexity index is 657. The Balaban J connectivity index is 2.08. The van der Waals surface area contributed by atoms with Gasteiger partial charge in [-0.1, -0.05) is 37.3 Å². The van der Waals surface area contributed by atoms with Gasteiger partial charge in [0.1, 0.15) is 12.1 Å². The van der Waals surface area contributed by atoms with Crippen molar-refractivity contribution in [2.45, 2.75) is 56.5 Å². The number of rotatable bonds is 7. The Hall–Kier alpha value is -2.02. The largest absolute Gasteiger partial charge is 0.480 e. The van der Waals surface area contributed by atoms with Gasteiger partial charge in [0.2, 0.25) is 11.8 Å². The second-order valence-electron chi connectivity index (χ2n) is 6.82. The zero-order valence-electron chi connectivity index (χ0n) is 14.6. The number of benzene rings is 1. The van der Waals surface area contributed by atoms with Gasteiger partial charge in [0, 0.05) is 4.75 Å². The number of likely N-dealkylation sites (tertiary alicyclic amines) is 1. The molecule has 1 aliphatic heterocycles. The number of aliphatic carboxylic acids is 1. The number of hydrogen-bond acceptors (Lipinski definition) is 4. The molecule has 1 saturated heterocycles. The first-order valence-electron chi connectivity index (χ1n) is 8.27. The summed E-state index contributed by atoms with van der Waals surface area (Å²) in [5, 5.41) is 12.3. The number of carboxylic acids is 1. The van der Waals surface area contributed by atoms with Crippen molar-refractivity contribution < 1.29 is 19.5 Å². The zero-order valence-corrected chi connectivity index (χ0v) is 15.5. The van der Waals surface area contributed by atoms with Crippen molar-refractivity contribution in [3.05, 3.63) is 35.9 Å². The van der Waals surface area contributed by atoms with Crippen LogP contribution >= 0.6 is 12.6 Å². The minimum atomic E-state index is -1.10. The summed E-state index contributed by atoms with van der Waals surface area (Å²) < 4.78 is -0.895. The van der Waals surface area contributed by atoms with E-state index >= 15 is 0 Å². The lowest BCUT2D eigenvalue weighted by atomic mass is 9.86. The molecule has 0 radical (unpaired) electrons. The molecule has 2 amide bonds. The predicted octanol–water partition coefficient (Wildman–Crippen LogP) is 1.50. The third-order valence-corrected chi connectivity index (χ3v) is 4.63. The van der Waals surface area contributed by atoms with E-state index in [-0.39, 0.29) is 24.3 Å². The van der Waals surface area contributed by atoms with Crippen molar-refractivity contribution in [1.82, 2.24) is 10.2 Å². The topological polar surface area (TPSA) is 86.7 Å². The van der Waals surface area contributed by atoms with Crippen LogP contribution in [0.25, 0.3) is 0 Å². The predicted molar refractivity (Wildman–Crippen MR) is 97.5 cm³/mol. The molecular weight excluding hydrogens is 340 g/mol. The molecule has 7 heteroatoms. The molecule has 1 heterocycles. The monoisotopic (exact) mass is 364 g/mol. The van der Waals surface area contributed by atoms with E-state index in [1.807, 2.05) is 37.3 Å². The quantitative estimate of drug-likeness (QED) is 0.505. The summed E-state index contributed by atoms with van der Waals surface area (Å²) >= 11 is 4.34. The Morgan fingerprint density at radius 1 is 1.32 bits per heavy atom. The van der Waals surface area contributed by atoms with E-state index in [1.54, 1.807) is 13.8 Å². The number of carbonyl (C=O) groups is 3. The maximum Gasteiger partial charge on any atom is 0.327 e. The van der Waals surface area contributed by atoms with Crippen molar-refractivity contribution in [2.24, 2.45) is 0 Å². The highest BCUT2D eigenvalue weighted by molar-refractivity contribution is 7.81. The third kappa shape index (κ3) is 4.15. The summed E-state index contributed by atoms with van der Waals surface area (Å²) in [5.74, 6) is -1.72. The van der Waals surface area contributed by atoms with Crippen molar-refractivity contribution in [3.63, 3.8) is 0 Å². The molecule has 1 fully saturated rings. The molecule has 1 aromatic carbocycles. The molecule has 6 nitrogen and oxygen atoms in total. The van der Waals surface area contributed by atoms with Crippen LogP contribution in [0.15, 0.2) is 30.3 Å². The number of nitrogens with one attached hydrogen (secondary N) is 1. The van der Waals surface area contributed by atoms with Gasteiger partial charge < -0.3 is 15.3 Å². The Morgan fingerprint density at radius 2 is 1.92 bits per heavy atom. The van der Waals surface area contributed by atoms with Gasteiger partial charge in [-0.05, 0) is 25.8 Å². The standard InChI is InChI=1S/C18H24N2O4S/c1-4-12-14(19-13(21)10-11-8-6-5-7-9-11)16(22)20(12)15(17(23)24)18(2,3)25/h5-9,12,14-15,25H,4,10H2,1-3H3,(H,19,21)(H,23,24)/t12-,14+,15+/m1/s1. The first-order chi connectivity index (χ1) is 11.7. The average Bonchev–Trinajstić information content (AvgIpc) is 2.52. The fourth-order valence-electron chi connectivity index (χ4n) is 3.24. The van der Waals surface area contributed by atoms with E-state index in [0.29, 0.717) is 6.42 Å². The van der Waals surface area contributed by atoms with Gasteiger partial charge in [-0.25, -0.2) is 4.79 Å². The van der Waals surface area contributed by atoms with Crippen LogP contribution in [0, 0.1) is 0 Å². The second-order valence-corrected chi connectivity index (χ2v) is 7.98. The zero-order chi connectivity index (χ0) is 18.8. The fraction of sp³-hybridized carbons (Fsp3) is 0.500. The van der Waals surface area contributed by atoms with Crippen LogP contribution in [0.1, 0.15) is 32.8 Å². The van der Waals surface area contributed by atoms with E-state index in [0.717, 1.165) is 5.56 Å². The molecule has 25 heavy (non-hydrogen) atoms. The molecule has 2 rings (SSSR count). The molecule has 136 valence electrons. The van der Waals surface area contributed by atoms with E-state index in [2.05, 4.69) is 17.9 Å². The number of carboxylic acid groups (broad SMARTS) is 1. The van der Waals surface area contributed by atoms with E-state index in [1.165, 1.54) is 4.90 Å². The summed E-state index contributed by atoms with van der Waals surface area (Å²) in [6.07, 6.45) is 0.733. The van der Waals surface area contributed by atoms with Crippen molar-refractivity contribution in [3.8, 4) is 0 Å². The molecule has 0 saturated carbocycles. The van der Waals surface area contributed by atoms with Crippen molar-refractivity contribution in [2.75, 3.05) is 0 Å². The SMILES string of the molecule is CC[C@@H]1[C@H](NC(=O)Cc2ccccc2)C(=O)N1[C@@H](C(=O)O)C(C)(C)S. The van der Waals surface area contributed by atoms with Gasteiger partial charge in [0.15, 0.2) is 0 Å². The molecule has 2 N–H and O–H groups in total. The smallest absolute Gasteiger partial charge is 0.327 e. The Labute approximate surface area is 153 Å². The number of thiol groups is 1. The van der Waals surface area contributed by atoms with Crippen LogP contribution in [0.5, 0.6) is 0 Å². The van der Waals surface area contributed by atoms with Gasteiger partial charge in [0.25, 0.3) is 0 Å². The van der Waals surface area contributed by atoms with Crippen LogP contribution in [0.4, 0.5) is 0 Å². The van der Waals surface area contributed by atoms with Crippen LogP contribution in [-0.4, -0.2) is 50.7 Å². The van der Waals surface area contributed by atoms with Gasteiger partial charge in [-0.3, -0.25) is 9.59 Å². The third-order valence-electron chi connectivity index (χ3n) is 4.39. The number of carbonyl (C=O) groups excluding carboxylic acids is 2. The summed E-state index contributed by atoms with van der Waals surface area (Å²) in [4.78, 5) is 37.7. The lowest BCUT2D eigenvalue weighted by molar-refractivity contribution is -0.168. The molecule has 1 aliphatic rings. The molecule has 0 aromatic heterocycles. The summed E-state index contributed by atoms with van der Waals surface area (Å²) in [6, 6.07) is 7.17. The summed E-state index contributed by atoms with van der Waals surface area (Å²) in [7, 11) is 0. The van der Waals surface area contributed by atoms with E-state index in [9.17, 15) is 19.5 Å².